The predicted octanol–water partition coefficient (Wildman–Crippen LogP) is 7.44. The highest BCUT2D eigenvalue weighted by molar-refractivity contribution is 5.49. The van der Waals surface area contributed by atoms with Gasteiger partial charge in [0, 0.05) is 16.7 Å². The summed E-state index contributed by atoms with van der Waals surface area (Å²) < 4.78 is 29.1. The van der Waals surface area contributed by atoms with Crippen LogP contribution in [0.25, 0.3) is 0 Å². The van der Waals surface area contributed by atoms with Crippen molar-refractivity contribution in [2.75, 3.05) is 0 Å². The van der Waals surface area contributed by atoms with Gasteiger partial charge in [-0.1, -0.05) is 73.3 Å². The van der Waals surface area contributed by atoms with E-state index in [1.54, 1.807) is 0 Å². The molecule has 0 unspecified atom stereocenters. The van der Waals surface area contributed by atoms with Crippen LogP contribution in [0.5, 0.6) is 0 Å². The van der Waals surface area contributed by atoms with E-state index >= 15 is 0 Å². The maximum absolute atomic E-state index is 14.5. The van der Waals surface area contributed by atoms with Gasteiger partial charge in [-0.3, -0.25) is 0 Å². The summed E-state index contributed by atoms with van der Waals surface area (Å²) in [6.07, 6.45) is 6.33. The van der Waals surface area contributed by atoms with Gasteiger partial charge >= 0.3 is 0 Å². The maximum Gasteiger partial charge on any atom is 0.143 e. The second-order valence-electron chi connectivity index (χ2n) is 9.21. The average molecular weight is 439 g/mol. The van der Waals surface area contributed by atoms with E-state index in [1.807, 2.05) is 43.3 Å². The Bertz CT molecular complexity index is 1200. The van der Waals surface area contributed by atoms with Gasteiger partial charge in [-0.05, 0) is 80.0 Å². The van der Waals surface area contributed by atoms with Gasteiger partial charge in [0.2, 0.25) is 0 Å². The number of halogens is 2. The zero-order chi connectivity index (χ0) is 23.2. The molecule has 0 aliphatic heterocycles. The summed E-state index contributed by atoms with van der Waals surface area (Å²) in [5, 5.41) is 0. The fraction of sp³-hybridized carbons (Fsp3) is 0.290. The standard InChI is InChI=1S/C31H28F2/c1-22-3-7-24(8-4-22)13-16-28-20-30(32)29(31(33)21-28)18-17-25-11-14-27(15-12-25)19-26-9-5-23(2)6-10-26/h3-4,7-8,11-12,14-15,20-21,23,26H,5-6,9-10,19H2,1-2H3. The van der Waals surface area contributed by atoms with Crippen LogP contribution >= 0.6 is 0 Å². The van der Waals surface area contributed by atoms with E-state index in [-0.39, 0.29) is 11.1 Å². The highest BCUT2D eigenvalue weighted by Gasteiger charge is 2.18. The van der Waals surface area contributed by atoms with Crippen molar-refractivity contribution in [1.82, 2.24) is 0 Å². The van der Waals surface area contributed by atoms with Crippen molar-refractivity contribution < 1.29 is 8.78 Å². The monoisotopic (exact) mass is 438 g/mol. The highest BCUT2D eigenvalue weighted by atomic mass is 19.1. The molecule has 1 aliphatic rings. The minimum atomic E-state index is -0.696. The van der Waals surface area contributed by atoms with E-state index < -0.39 is 11.6 Å². The molecule has 3 aromatic carbocycles. The molecule has 0 amide bonds. The molecule has 0 atom stereocenters. The van der Waals surface area contributed by atoms with Gasteiger partial charge in [0.1, 0.15) is 11.6 Å². The number of aryl methyl sites for hydroxylation is 1. The minimum absolute atomic E-state index is 0.226. The predicted molar refractivity (Wildman–Crippen MR) is 131 cm³/mol. The fourth-order valence-electron chi connectivity index (χ4n) is 4.27. The Morgan fingerprint density at radius 3 is 1.82 bits per heavy atom. The summed E-state index contributed by atoms with van der Waals surface area (Å²) in [7, 11) is 0. The zero-order valence-corrected chi connectivity index (χ0v) is 19.2. The van der Waals surface area contributed by atoms with Crippen molar-refractivity contribution in [2.24, 2.45) is 11.8 Å². The Morgan fingerprint density at radius 1 is 0.697 bits per heavy atom. The van der Waals surface area contributed by atoms with Crippen LogP contribution in [0.4, 0.5) is 8.78 Å². The molecule has 0 nitrogen and oxygen atoms in total. The van der Waals surface area contributed by atoms with Crippen molar-refractivity contribution in [3.63, 3.8) is 0 Å². The van der Waals surface area contributed by atoms with Gasteiger partial charge in [0.25, 0.3) is 0 Å². The first-order valence-electron chi connectivity index (χ1n) is 11.6. The molecule has 2 heteroatoms. The van der Waals surface area contributed by atoms with Gasteiger partial charge in [0.05, 0.1) is 5.56 Å². The SMILES string of the molecule is Cc1ccc(C#Cc2cc(F)c(C#Cc3ccc(CC4CCC(C)CC4)cc3)c(F)c2)cc1. The van der Waals surface area contributed by atoms with Crippen LogP contribution < -0.4 is 0 Å². The molecule has 4 rings (SSSR count). The number of rotatable bonds is 2. The van der Waals surface area contributed by atoms with E-state index in [0.29, 0.717) is 0 Å². The summed E-state index contributed by atoms with van der Waals surface area (Å²) in [6, 6.07) is 18.2. The normalized spacial score (nSPS) is 17.5. The molecule has 33 heavy (non-hydrogen) atoms. The Balaban J connectivity index is 1.44. The third-order valence-electron chi connectivity index (χ3n) is 6.39. The second kappa shape index (κ2) is 10.5. The molecule has 0 radical (unpaired) electrons. The summed E-state index contributed by atoms with van der Waals surface area (Å²) in [5.41, 5.74) is 4.04. The Kier molecular flexibility index (Phi) is 7.26. The fourth-order valence-corrected chi connectivity index (χ4v) is 4.27. The third-order valence-corrected chi connectivity index (χ3v) is 6.39. The van der Waals surface area contributed by atoms with Gasteiger partial charge in [-0.15, -0.1) is 0 Å². The molecule has 1 aliphatic carbocycles. The molecule has 0 aromatic heterocycles. The van der Waals surface area contributed by atoms with Crippen molar-refractivity contribution >= 4 is 0 Å². The zero-order valence-electron chi connectivity index (χ0n) is 19.2. The lowest BCUT2D eigenvalue weighted by Gasteiger charge is -2.26. The van der Waals surface area contributed by atoms with Crippen LogP contribution in [0.15, 0.2) is 60.7 Å². The van der Waals surface area contributed by atoms with Crippen LogP contribution in [0.2, 0.25) is 0 Å². The molecule has 1 fully saturated rings. The molecular formula is C31H28F2. The largest absolute Gasteiger partial charge is 0.205 e. The van der Waals surface area contributed by atoms with Crippen LogP contribution in [0.3, 0.4) is 0 Å². The third kappa shape index (κ3) is 6.34. The number of hydrogen-bond donors (Lipinski definition) is 0. The first kappa shape index (κ1) is 22.8. The van der Waals surface area contributed by atoms with Gasteiger partial charge in [-0.25, -0.2) is 8.78 Å². The molecule has 0 N–H and O–H groups in total. The molecule has 0 heterocycles. The lowest BCUT2D eigenvalue weighted by molar-refractivity contribution is 0.289. The van der Waals surface area contributed by atoms with Crippen LogP contribution in [-0.4, -0.2) is 0 Å². The Morgan fingerprint density at radius 2 is 1.21 bits per heavy atom. The first-order valence-corrected chi connectivity index (χ1v) is 11.6. The quantitative estimate of drug-likeness (QED) is 0.365. The second-order valence-corrected chi connectivity index (χ2v) is 9.21. The lowest BCUT2D eigenvalue weighted by Crippen LogP contribution is -2.14. The van der Waals surface area contributed by atoms with E-state index in [4.69, 9.17) is 0 Å². The highest BCUT2D eigenvalue weighted by Crippen LogP contribution is 2.30. The summed E-state index contributed by atoms with van der Waals surface area (Å²) in [6.45, 7) is 4.33. The van der Waals surface area contributed by atoms with Gasteiger partial charge in [0.15, 0.2) is 0 Å². The lowest BCUT2D eigenvalue weighted by atomic mass is 9.80. The summed E-state index contributed by atoms with van der Waals surface area (Å²) in [4.78, 5) is 0. The van der Waals surface area contributed by atoms with Crippen molar-refractivity contribution in [3.8, 4) is 23.7 Å². The van der Waals surface area contributed by atoms with Crippen molar-refractivity contribution in [2.45, 2.75) is 46.0 Å². The van der Waals surface area contributed by atoms with E-state index in [0.717, 1.165) is 34.9 Å². The molecule has 166 valence electrons. The smallest absolute Gasteiger partial charge is 0.143 e. The Labute approximate surface area is 196 Å². The van der Waals surface area contributed by atoms with Crippen LogP contribution in [0, 0.1) is 54.1 Å². The van der Waals surface area contributed by atoms with E-state index in [1.165, 1.54) is 43.4 Å². The van der Waals surface area contributed by atoms with Crippen LogP contribution in [-0.2, 0) is 6.42 Å². The van der Waals surface area contributed by atoms with E-state index in [9.17, 15) is 8.78 Å². The summed E-state index contributed by atoms with van der Waals surface area (Å²) >= 11 is 0. The molecule has 0 saturated heterocycles. The molecular weight excluding hydrogens is 410 g/mol. The number of benzene rings is 3. The molecule has 0 spiro atoms. The van der Waals surface area contributed by atoms with Crippen LogP contribution in [0.1, 0.15) is 66.0 Å². The molecule has 1 saturated carbocycles. The minimum Gasteiger partial charge on any atom is -0.205 e. The molecule has 0 bridgehead atoms. The average Bonchev–Trinajstić information content (AvgIpc) is 2.81. The summed E-state index contributed by atoms with van der Waals surface area (Å²) in [5.74, 6) is 11.5. The van der Waals surface area contributed by atoms with Crippen molar-refractivity contribution in [1.29, 1.82) is 0 Å². The first-order chi connectivity index (χ1) is 16.0. The number of hydrogen-bond acceptors (Lipinski definition) is 0. The molecule has 3 aromatic rings. The van der Waals surface area contributed by atoms with Gasteiger partial charge < -0.3 is 0 Å². The Hall–Kier alpha value is -3.36. The topological polar surface area (TPSA) is 0 Å². The van der Waals surface area contributed by atoms with Gasteiger partial charge in [-0.2, -0.15) is 0 Å². The maximum atomic E-state index is 14.5. The van der Waals surface area contributed by atoms with E-state index in [2.05, 4.69) is 42.7 Å². The van der Waals surface area contributed by atoms with Crippen molar-refractivity contribution in [3.05, 3.63) is 106 Å².